The maximum atomic E-state index is 14.0. The summed E-state index contributed by atoms with van der Waals surface area (Å²) in [5.41, 5.74) is 2.32. The molecular formula is C18H18F2N4. The minimum absolute atomic E-state index is 0.225. The Morgan fingerprint density at radius 2 is 1.88 bits per heavy atom. The highest BCUT2D eigenvalue weighted by atomic mass is 19.1. The maximum Gasteiger partial charge on any atom is 0.152 e. The van der Waals surface area contributed by atoms with Crippen LogP contribution in [0.15, 0.2) is 36.7 Å². The summed E-state index contributed by atoms with van der Waals surface area (Å²) < 4.78 is 29.5. The number of nitrogens with zero attached hydrogens (tertiary/aromatic N) is 4. The van der Waals surface area contributed by atoms with E-state index >= 15 is 0 Å². The highest BCUT2D eigenvalue weighted by Gasteiger charge is 2.24. The Morgan fingerprint density at radius 3 is 2.58 bits per heavy atom. The lowest BCUT2D eigenvalue weighted by atomic mass is 9.93. The van der Waals surface area contributed by atoms with Gasteiger partial charge in [0.25, 0.3) is 0 Å². The monoisotopic (exact) mass is 328 g/mol. The van der Waals surface area contributed by atoms with Crippen LogP contribution in [0.5, 0.6) is 0 Å². The van der Waals surface area contributed by atoms with E-state index in [4.69, 9.17) is 0 Å². The van der Waals surface area contributed by atoms with Crippen molar-refractivity contribution in [1.82, 2.24) is 14.8 Å². The van der Waals surface area contributed by atoms with E-state index in [1.807, 2.05) is 24.0 Å². The second-order valence-corrected chi connectivity index (χ2v) is 6.25. The Labute approximate surface area is 138 Å². The van der Waals surface area contributed by atoms with Gasteiger partial charge in [0, 0.05) is 61.3 Å². The van der Waals surface area contributed by atoms with Crippen molar-refractivity contribution in [3.8, 4) is 0 Å². The Morgan fingerprint density at radius 1 is 1.08 bits per heavy atom. The van der Waals surface area contributed by atoms with E-state index in [-0.39, 0.29) is 5.52 Å². The molecule has 1 saturated heterocycles. The van der Waals surface area contributed by atoms with Crippen LogP contribution in [-0.4, -0.2) is 27.9 Å². The van der Waals surface area contributed by atoms with Gasteiger partial charge in [-0.1, -0.05) is 0 Å². The lowest BCUT2D eigenvalue weighted by Crippen LogP contribution is -2.33. The van der Waals surface area contributed by atoms with Gasteiger partial charge in [-0.15, -0.1) is 0 Å². The number of hydrogen-bond acceptors (Lipinski definition) is 3. The highest BCUT2D eigenvalue weighted by molar-refractivity contribution is 5.92. The van der Waals surface area contributed by atoms with E-state index in [0.717, 1.165) is 37.7 Å². The number of aromatic nitrogens is 3. The van der Waals surface area contributed by atoms with E-state index in [1.54, 1.807) is 6.20 Å². The number of piperidine rings is 1. The third kappa shape index (κ3) is 2.52. The lowest BCUT2D eigenvalue weighted by molar-refractivity contribution is 0.478. The molecule has 0 saturated carbocycles. The molecule has 0 radical (unpaired) electrons. The normalized spacial score (nSPS) is 16.0. The van der Waals surface area contributed by atoms with Crippen LogP contribution >= 0.6 is 0 Å². The van der Waals surface area contributed by atoms with Crippen LogP contribution in [0.1, 0.15) is 24.5 Å². The molecule has 0 bridgehead atoms. The smallest absolute Gasteiger partial charge is 0.152 e. The van der Waals surface area contributed by atoms with Crippen LogP contribution in [0, 0.1) is 11.6 Å². The lowest BCUT2D eigenvalue weighted by Gasteiger charge is -2.34. The van der Waals surface area contributed by atoms with Crippen molar-refractivity contribution in [2.45, 2.75) is 18.8 Å². The van der Waals surface area contributed by atoms with Gasteiger partial charge in [0.2, 0.25) is 0 Å². The number of hydrogen-bond donors (Lipinski definition) is 0. The van der Waals surface area contributed by atoms with Gasteiger partial charge in [-0.05, 0) is 31.0 Å². The summed E-state index contributed by atoms with van der Waals surface area (Å²) in [5, 5.41) is 4.78. The minimum Gasteiger partial charge on any atom is -0.371 e. The second kappa shape index (κ2) is 5.85. The van der Waals surface area contributed by atoms with Gasteiger partial charge in [-0.25, -0.2) is 8.78 Å². The van der Waals surface area contributed by atoms with Gasteiger partial charge in [0.1, 0.15) is 11.3 Å². The molecular weight excluding hydrogens is 310 g/mol. The highest BCUT2D eigenvalue weighted by Crippen LogP contribution is 2.33. The molecule has 3 heterocycles. The number of benzene rings is 1. The van der Waals surface area contributed by atoms with Crippen molar-refractivity contribution in [3.63, 3.8) is 0 Å². The van der Waals surface area contributed by atoms with E-state index in [0.29, 0.717) is 11.3 Å². The summed E-state index contributed by atoms with van der Waals surface area (Å²) in [6, 6.07) is 6.15. The Balaban J connectivity index is 1.62. The zero-order valence-corrected chi connectivity index (χ0v) is 13.4. The number of anilines is 1. The number of fused-ring (bicyclic) bond motifs is 1. The first kappa shape index (κ1) is 15.1. The summed E-state index contributed by atoms with van der Waals surface area (Å²) >= 11 is 0. The zero-order valence-electron chi connectivity index (χ0n) is 13.4. The molecule has 0 atom stereocenters. The van der Waals surface area contributed by atoms with Crippen LogP contribution in [0.2, 0.25) is 0 Å². The first-order valence-corrected chi connectivity index (χ1v) is 8.10. The molecule has 24 heavy (non-hydrogen) atoms. The summed E-state index contributed by atoms with van der Waals surface area (Å²) in [7, 11) is 1.96. The molecule has 0 amide bonds. The molecule has 0 aliphatic carbocycles. The molecule has 124 valence electrons. The van der Waals surface area contributed by atoms with Gasteiger partial charge >= 0.3 is 0 Å². The molecule has 0 N–H and O–H groups in total. The summed E-state index contributed by atoms with van der Waals surface area (Å²) in [4.78, 5) is 6.25. The van der Waals surface area contributed by atoms with E-state index in [1.165, 1.54) is 11.8 Å². The van der Waals surface area contributed by atoms with Crippen LogP contribution in [0.25, 0.3) is 10.9 Å². The van der Waals surface area contributed by atoms with E-state index < -0.39 is 11.6 Å². The van der Waals surface area contributed by atoms with Gasteiger partial charge in [-0.3, -0.25) is 9.67 Å². The third-order valence-corrected chi connectivity index (χ3v) is 4.85. The Kier molecular flexibility index (Phi) is 3.67. The number of pyridine rings is 1. The fourth-order valence-electron chi connectivity index (χ4n) is 3.64. The summed E-state index contributed by atoms with van der Waals surface area (Å²) in [6.07, 6.45) is 5.39. The molecule has 0 unspecified atom stereocenters. The predicted octanol–water partition coefficient (Wildman–Crippen LogP) is 3.63. The quantitative estimate of drug-likeness (QED) is 0.720. The molecule has 1 aromatic carbocycles. The van der Waals surface area contributed by atoms with Crippen LogP contribution in [-0.2, 0) is 7.05 Å². The zero-order chi connectivity index (χ0) is 16.7. The summed E-state index contributed by atoms with van der Waals surface area (Å²) in [5.74, 6) is -0.717. The molecule has 4 rings (SSSR count). The average molecular weight is 328 g/mol. The topological polar surface area (TPSA) is 34.0 Å². The van der Waals surface area contributed by atoms with Crippen molar-refractivity contribution >= 4 is 16.6 Å². The van der Waals surface area contributed by atoms with Crippen LogP contribution < -0.4 is 4.90 Å². The number of rotatable bonds is 2. The Bertz CT molecular complexity index is 882. The van der Waals surface area contributed by atoms with Gasteiger partial charge in [-0.2, -0.15) is 5.10 Å². The summed E-state index contributed by atoms with van der Waals surface area (Å²) in [6.45, 7) is 1.68. The van der Waals surface area contributed by atoms with Gasteiger partial charge < -0.3 is 4.90 Å². The Hall–Kier alpha value is -2.50. The first-order chi connectivity index (χ1) is 11.6. The average Bonchev–Trinajstić information content (AvgIpc) is 3.00. The fourth-order valence-corrected chi connectivity index (χ4v) is 3.64. The fraction of sp³-hybridized carbons (Fsp3) is 0.333. The van der Waals surface area contributed by atoms with Gasteiger partial charge in [0.15, 0.2) is 5.82 Å². The molecule has 1 aliphatic rings. The molecule has 1 fully saturated rings. The largest absolute Gasteiger partial charge is 0.371 e. The molecule has 3 aromatic rings. The molecule has 6 heteroatoms. The van der Waals surface area contributed by atoms with Crippen LogP contribution in [0.3, 0.4) is 0 Å². The van der Waals surface area contributed by atoms with Crippen LogP contribution in [0.4, 0.5) is 14.5 Å². The first-order valence-electron chi connectivity index (χ1n) is 8.10. The van der Waals surface area contributed by atoms with Crippen molar-refractivity contribution < 1.29 is 8.78 Å². The standard InChI is InChI=1S/C18H18F2N4/c1-23-16(3-7-22-23)12-4-8-24(9-5-12)17-2-6-21-18-14(17)10-13(19)11-15(18)20/h2-3,6-7,10-12H,4-5,8-9H2,1H3. The third-order valence-electron chi connectivity index (χ3n) is 4.85. The SMILES string of the molecule is Cn1nccc1C1CCN(c2ccnc3c(F)cc(F)cc23)CC1. The van der Waals surface area contributed by atoms with E-state index in [2.05, 4.69) is 21.0 Å². The molecule has 0 spiro atoms. The maximum absolute atomic E-state index is 14.0. The van der Waals surface area contributed by atoms with Crippen molar-refractivity contribution in [3.05, 3.63) is 54.0 Å². The molecule has 2 aromatic heterocycles. The van der Waals surface area contributed by atoms with E-state index in [9.17, 15) is 8.78 Å². The second-order valence-electron chi connectivity index (χ2n) is 6.25. The molecule has 4 nitrogen and oxygen atoms in total. The van der Waals surface area contributed by atoms with Crippen molar-refractivity contribution in [2.75, 3.05) is 18.0 Å². The van der Waals surface area contributed by atoms with Crippen molar-refractivity contribution in [1.29, 1.82) is 0 Å². The number of aryl methyl sites for hydroxylation is 1. The predicted molar refractivity (Wildman–Crippen MR) is 89.1 cm³/mol. The minimum atomic E-state index is -0.614. The van der Waals surface area contributed by atoms with Gasteiger partial charge in [0.05, 0.1) is 0 Å². The molecule has 1 aliphatic heterocycles. The van der Waals surface area contributed by atoms with Crippen molar-refractivity contribution in [2.24, 2.45) is 7.05 Å². The number of halogens is 2.